The van der Waals surface area contributed by atoms with Gasteiger partial charge in [0, 0.05) is 0 Å². The third-order valence-corrected chi connectivity index (χ3v) is 0.917. The summed E-state index contributed by atoms with van der Waals surface area (Å²) in [7, 11) is -1.17. The molecule has 0 saturated heterocycles. The Morgan fingerprint density at radius 3 is 1.73 bits per heavy atom. The minimum atomic E-state index is -1.17. The normalized spacial score (nSPS) is 10.9. The fraction of sp³-hybridized carbons (Fsp3) is 0.875. The second-order valence-corrected chi connectivity index (χ2v) is 3.25. The van der Waals surface area contributed by atoms with Crippen molar-refractivity contribution in [1.82, 2.24) is 0 Å². The van der Waals surface area contributed by atoms with Crippen LogP contribution in [0.2, 0.25) is 0 Å². The molecule has 0 aromatic rings. The maximum absolute atomic E-state index is 9.96. The molecule has 0 rings (SSSR count). The lowest BCUT2D eigenvalue weighted by atomic mass is 10.2. The van der Waals surface area contributed by atoms with Gasteiger partial charge in [-0.1, -0.05) is 27.2 Å². The Balaban J connectivity index is -0.000000173. The summed E-state index contributed by atoms with van der Waals surface area (Å²) >= 11 is 0. The Labute approximate surface area is 91.9 Å². The first kappa shape index (κ1) is 19.9. The summed E-state index contributed by atoms with van der Waals surface area (Å²) in [6.45, 7) is 5.79. The molecule has 0 fully saturated rings. The monoisotopic (exact) mass is 241 g/mol. The second kappa shape index (κ2) is 15.9. The maximum atomic E-state index is 9.96. The van der Waals surface area contributed by atoms with Gasteiger partial charge in [0.15, 0.2) is 0 Å². The van der Waals surface area contributed by atoms with E-state index < -0.39 is 20.7 Å². The summed E-state index contributed by atoms with van der Waals surface area (Å²) in [5.74, 6) is -0.910. The Bertz CT molecular complexity index is 153. The summed E-state index contributed by atoms with van der Waals surface area (Å²) < 4.78 is 8.51. The molecule has 0 saturated carbocycles. The molecule has 0 aromatic heterocycles. The molecular weight excluding hydrogens is 219 g/mol. The van der Waals surface area contributed by atoms with Crippen LogP contribution in [0.1, 0.15) is 33.6 Å². The SMILES string of the molecule is CC(C)N.CCCC(N)C(=O)O.O=[PH+]O. The van der Waals surface area contributed by atoms with Gasteiger partial charge < -0.3 is 16.6 Å². The second-order valence-electron chi connectivity index (χ2n) is 3.07. The first-order valence-electron chi connectivity index (χ1n) is 4.58. The van der Waals surface area contributed by atoms with Crippen molar-refractivity contribution in [2.45, 2.75) is 45.7 Å². The van der Waals surface area contributed by atoms with Crippen molar-refractivity contribution in [2.24, 2.45) is 11.5 Å². The average Bonchev–Trinajstić information content (AvgIpc) is 2.04. The smallest absolute Gasteiger partial charge is 0.480 e. The number of hydrogen-bond acceptors (Lipinski definition) is 4. The standard InChI is InChI=1S/C5H11NO2.C3H9N.HO2P/c1-2-3-4(6)5(7)8;1-3(2)4;1-3-2/h4H,2-3,6H2,1H3,(H,7,8);3H,4H2,1-2H3;3H/p+1. The molecule has 7 heteroatoms. The van der Waals surface area contributed by atoms with Crippen LogP contribution in [-0.2, 0) is 9.36 Å². The molecule has 0 heterocycles. The van der Waals surface area contributed by atoms with Crippen molar-refractivity contribution in [1.29, 1.82) is 0 Å². The Hall–Kier alpha value is -0.550. The van der Waals surface area contributed by atoms with E-state index in [9.17, 15) is 4.79 Å². The zero-order valence-electron chi connectivity index (χ0n) is 9.43. The molecular formula is C8H22N2O4P+. The van der Waals surface area contributed by atoms with Crippen LogP contribution in [0.5, 0.6) is 0 Å². The van der Waals surface area contributed by atoms with Gasteiger partial charge in [0.2, 0.25) is 0 Å². The fourth-order valence-electron chi connectivity index (χ4n) is 0.434. The van der Waals surface area contributed by atoms with Crippen LogP contribution in [0.15, 0.2) is 0 Å². The highest BCUT2D eigenvalue weighted by atomic mass is 31.1. The van der Waals surface area contributed by atoms with Crippen molar-refractivity contribution in [2.75, 3.05) is 0 Å². The van der Waals surface area contributed by atoms with E-state index in [2.05, 4.69) is 0 Å². The van der Waals surface area contributed by atoms with E-state index in [1.165, 1.54) is 0 Å². The highest BCUT2D eigenvalue weighted by Gasteiger charge is 2.07. The van der Waals surface area contributed by atoms with Crippen LogP contribution in [0, 0.1) is 0 Å². The van der Waals surface area contributed by atoms with Crippen molar-refractivity contribution < 1.29 is 19.4 Å². The quantitative estimate of drug-likeness (QED) is 0.532. The lowest BCUT2D eigenvalue weighted by Gasteiger charge is -2.00. The first-order valence-corrected chi connectivity index (χ1v) is 5.44. The largest absolute Gasteiger partial charge is 0.491 e. The summed E-state index contributed by atoms with van der Waals surface area (Å²) in [6, 6.07) is -0.333. The van der Waals surface area contributed by atoms with E-state index in [1.54, 1.807) is 0 Å². The summed E-state index contributed by atoms with van der Waals surface area (Å²) in [5, 5.41) is 8.19. The Kier molecular flexibility index (Phi) is 21.1. The van der Waals surface area contributed by atoms with Crippen molar-refractivity contribution in [3.8, 4) is 0 Å². The fourth-order valence-corrected chi connectivity index (χ4v) is 0.434. The molecule has 0 aliphatic heterocycles. The number of aliphatic carboxylic acids is 1. The average molecular weight is 241 g/mol. The topological polar surface area (TPSA) is 127 Å². The van der Waals surface area contributed by atoms with E-state index in [4.69, 9.17) is 26.0 Å². The summed E-state index contributed by atoms with van der Waals surface area (Å²) in [4.78, 5) is 17.0. The molecule has 0 spiro atoms. The van der Waals surface area contributed by atoms with E-state index in [0.29, 0.717) is 12.5 Å². The number of carboxylic acids is 1. The van der Waals surface area contributed by atoms with Crippen LogP contribution in [0.4, 0.5) is 0 Å². The molecule has 92 valence electrons. The van der Waals surface area contributed by atoms with Gasteiger partial charge in [-0.25, -0.2) is 0 Å². The van der Waals surface area contributed by atoms with E-state index >= 15 is 0 Å². The van der Waals surface area contributed by atoms with E-state index in [1.807, 2.05) is 20.8 Å². The number of nitrogens with two attached hydrogens (primary N) is 2. The van der Waals surface area contributed by atoms with Crippen LogP contribution in [0.3, 0.4) is 0 Å². The highest BCUT2D eigenvalue weighted by molar-refractivity contribution is 7.16. The van der Waals surface area contributed by atoms with Gasteiger partial charge in [0.1, 0.15) is 6.04 Å². The molecule has 15 heavy (non-hydrogen) atoms. The Morgan fingerprint density at radius 2 is 1.67 bits per heavy atom. The van der Waals surface area contributed by atoms with Gasteiger partial charge in [-0.05, 0) is 17.0 Å². The highest BCUT2D eigenvalue weighted by Crippen LogP contribution is 1.91. The van der Waals surface area contributed by atoms with Gasteiger partial charge in [0.25, 0.3) is 0 Å². The third kappa shape index (κ3) is 42.4. The van der Waals surface area contributed by atoms with Gasteiger partial charge in [-0.3, -0.25) is 4.79 Å². The maximum Gasteiger partial charge on any atom is 0.491 e. The molecule has 2 atom stereocenters. The minimum Gasteiger partial charge on any atom is -0.480 e. The zero-order chi connectivity index (χ0) is 12.9. The number of rotatable bonds is 3. The predicted octanol–water partition coefficient (Wildman–Crippen LogP) is 0.470. The number of carboxylic acid groups (broad SMARTS) is 1. The van der Waals surface area contributed by atoms with Gasteiger partial charge >= 0.3 is 14.7 Å². The molecule has 6 N–H and O–H groups in total. The molecule has 6 nitrogen and oxygen atoms in total. The van der Waals surface area contributed by atoms with Crippen molar-refractivity contribution in [3.05, 3.63) is 0 Å². The molecule has 0 aromatic carbocycles. The van der Waals surface area contributed by atoms with Crippen molar-refractivity contribution >= 4 is 14.7 Å². The molecule has 0 aliphatic rings. The lowest BCUT2D eigenvalue weighted by molar-refractivity contribution is -0.138. The molecule has 2 unspecified atom stereocenters. The van der Waals surface area contributed by atoms with E-state index in [0.717, 1.165) is 6.42 Å². The summed E-state index contributed by atoms with van der Waals surface area (Å²) in [6.07, 6.45) is 1.39. The molecule has 0 amide bonds. The zero-order valence-corrected chi connectivity index (χ0v) is 10.4. The molecule has 0 radical (unpaired) electrons. The number of hydrogen-bond donors (Lipinski definition) is 4. The van der Waals surface area contributed by atoms with Crippen LogP contribution >= 0.6 is 8.69 Å². The van der Waals surface area contributed by atoms with Crippen molar-refractivity contribution in [3.63, 3.8) is 0 Å². The van der Waals surface area contributed by atoms with Gasteiger partial charge in [-0.15, -0.1) is 0 Å². The molecule has 0 aliphatic carbocycles. The minimum absolute atomic E-state index is 0.333. The summed E-state index contributed by atoms with van der Waals surface area (Å²) in [5.41, 5.74) is 10.2. The number of carbonyl (C=O) groups is 1. The van der Waals surface area contributed by atoms with Crippen LogP contribution < -0.4 is 11.5 Å². The predicted molar refractivity (Wildman–Crippen MR) is 61.1 cm³/mol. The van der Waals surface area contributed by atoms with Crippen LogP contribution in [-0.4, -0.2) is 28.1 Å². The van der Waals surface area contributed by atoms with Crippen LogP contribution in [0.25, 0.3) is 0 Å². The Morgan fingerprint density at radius 1 is 1.40 bits per heavy atom. The van der Waals surface area contributed by atoms with Gasteiger partial charge in [0.05, 0.1) is 0 Å². The van der Waals surface area contributed by atoms with E-state index in [-0.39, 0.29) is 0 Å². The lowest BCUT2D eigenvalue weighted by Crippen LogP contribution is -2.29. The first-order chi connectivity index (χ1) is 6.83. The van der Waals surface area contributed by atoms with Gasteiger partial charge in [-0.2, -0.15) is 4.89 Å². The third-order valence-electron chi connectivity index (χ3n) is 0.917. The molecule has 0 bridgehead atoms.